The summed E-state index contributed by atoms with van der Waals surface area (Å²) in [4.78, 5) is 120. The number of benzene rings is 3. The van der Waals surface area contributed by atoms with Gasteiger partial charge < -0.3 is 92.2 Å². The number of piperazine rings is 1. The zero-order valence-electron chi connectivity index (χ0n) is 49.5. The number of carbonyl (C=O) groups excluding carboxylic acids is 8. The van der Waals surface area contributed by atoms with Crippen molar-refractivity contribution in [3.05, 3.63) is 89.5 Å². The quantitative estimate of drug-likeness (QED) is 0.0208. The summed E-state index contributed by atoms with van der Waals surface area (Å²) in [5.41, 5.74) is 7.83. The number of aromatic hydroxyl groups is 1. The second kappa shape index (κ2) is 32.2. The van der Waals surface area contributed by atoms with Gasteiger partial charge in [-0.2, -0.15) is 0 Å². The van der Waals surface area contributed by atoms with Crippen LogP contribution >= 0.6 is 12.3 Å². The maximum Gasteiger partial charge on any atom is 1.00 e. The van der Waals surface area contributed by atoms with Crippen LogP contribution < -0.4 is 76.2 Å². The van der Waals surface area contributed by atoms with Gasteiger partial charge in [-0.05, 0) is 86.1 Å². The largest absolute Gasteiger partial charge is 1.00 e. The molecular formula is C58H77N10NaO19S. The number of nitrogens with two attached hydrogens (primary N) is 1. The van der Waals surface area contributed by atoms with Gasteiger partial charge in [0.05, 0.1) is 43.0 Å². The van der Waals surface area contributed by atoms with Crippen molar-refractivity contribution in [1.29, 1.82) is 0 Å². The Morgan fingerprint density at radius 3 is 2.07 bits per heavy atom. The van der Waals surface area contributed by atoms with E-state index < -0.39 is 177 Å². The maximum absolute atomic E-state index is 14.7. The molecule has 0 aromatic heterocycles. The third kappa shape index (κ3) is 17.8. The van der Waals surface area contributed by atoms with Gasteiger partial charge in [0.1, 0.15) is 36.3 Å². The molecule has 3 aromatic rings. The van der Waals surface area contributed by atoms with Crippen LogP contribution in [0.4, 0.5) is 5.69 Å². The molecule has 1 saturated carbocycles. The summed E-state index contributed by atoms with van der Waals surface area (Å²) in [5, 5.41) is 104. The van der Waals surface area contributed by atoms with Crippen molar-refractivity contribution in [2.45, 2.75) is 150 Å². The molecular weight excluding hydrogens is 1200 g/mol. The van der Waals surface area contributed by atoms with Crippen LogP contribution in [0.1, 0.15) is 86.2 Å². The van der Waals surface area contributed by atoms with Crippen LogP contribution in [-0.4, -0.2) is 222 Å². The van der Waals surface area contributed by atoms with E-state index in [1.165, 1.54) is 18.6 Å². The number of aliphatic hydroxyl groups excluding tert-OH is 6. The molecule has 0 bridgehead atoms. The third-order valence-electron chi connectivity index (χ3n) is 17.1. The number of hydrogen-bond donors (Lipinski definition) is 13. The standard InChI is InChI=1S/C58H78N10O19S.Na/c1-30-28-68-50(51(30)76)56(81)60-27-38(70)24-40(61-52(77)35-11-15-37(16-12-35)66-20-18-65(19-21-66)36-13-9-34(10-14-36)33-6-4-3-5-7-33)53(78)62-47(31(2)69)57(82)67-29-39(71)25-41(67)54(79)63-48(55(80)64-49(58(68)83)44(74)26-46(59)75)43(73)22-32-8-17-42(72)45(23-32)85-88-87-86-84;/h3-8,11-12,15-17,23,30-31,34,36,38-41,43-44,47-51,69-74,76,84H,9-10,13-14,18-22,24-29H2,1-2H3,(H2,59,75)(H,60,81)(H,61,77)(H,62,78)(H,63,79)(H,64,80);/q;+1/p-1. The maximum atomic E-state index is 14.7. The molecule has 0 radical (unpaired) electrons. The predicted octanol–water partition coefficient (Wildman–Crippen LogP) is -6.77. The average molecular weight is 1270 g/mol. The Labute approximate surface area is 539 Å². The number of phenolic OH excluding ortho intramolecular Hbond substituents is 1. The molecule has 31 heteroatoms. The Kier molecular flexibility index (Phi) is 25.4. The van der Waals surface area contributed by atoms with Crippen LogP contribution in [0, 0.1) is 5.92 Å². The number of hydrogen-bond acceptors (Lipinski definition) is 22. The van der Waals surface area contributed by atoms with Crippen molar-refractivity contribution in [2.75, 3.05) is 50.7 Å². The number of fused-ring (bicyclic) bond motifs is 2. The smallest absolute Gasteiger partial charge is 0.691 e. The van der Waals surface area contributed by atoms with Gasteiger partial charge in [-0.15, -0.1) is 4.33 Å². The number of anilines is 1. The zero-order chi connectivity index (χ0) is 63.5. The van der Waals surface area contributed by atoms with Crippen LogP contribution in [0.5, 0.6) is 11.5 Å². The van der Waals surface area contributed by atoms with E-state index in [1.807, 2.05) is 6.07 Å². The fourth-order valence-corrected chi connectivity index (χ4v) is 12.6. The minimum Gasteiger partial charge on any atom is -0.691 e. The molecule has 5 aliphatic rings. The van der Waals surface area contributed by atoms with E-state index in [2.05, 4.69) is 70.0 Å². The van der Waals surface area contributed by atoms with Crippen molar-refractivity contribution < 1.29 is 122 Å². The molecule has 5 fully saturated rings. The average Bonchev–Trinajstić information content (AvgIpc) is 3.17. The number of primary amides is 1. The molecule has 13 atom stereocenters. The Morgan fingerprint density at radius 1 is 0.764 bits per heavy atom. The van der Waals surface area contributed by atoms with Crippen LogP contribution in [0.15, 0.2) is 72.8 Å². The van der Waals surface area contributed by atoms with E-state index >= 15 is 0 Å². The minimum atomic E-state index is -2.21. The third-order valence-corrected chi connectivity index (χ3v) is 17.5. The molecule has 29 nitrogen and oxygen atoms in total. The summed E-state index contributed by atoms with van der Waals surface area (Å²) >= 11 is 0.00185. The normalized spacial score (nSPS) is 28.9. The minimum absolute atomic E-state index is 0. The zero-order valence-corrected chi connectivity index (χ0v) is 52.3. The van der Waals surface area contributed by atoms with Crippen LogP contribution in [0.25, 0.3) is 0 Å². The van der Waals surface area contributed by atoms with Gasteiger partial charge in [0, 0.05) is 88.3 Å². The van der Waals surface area contributed by atoms with Crippen LogP contribution in [0.3, 0.4) is 0 Å². The summed E-state index contributed by atoms with van der Waals surface area (Å²) in [7, 11) is 0. The number of nitrogens with one attached hydrogen (secondary N) is 5. The van der Waals surface area contributed by atoms with Gasteiger partial charge in [0.15, 0.2) is 11.5 Å². The molecule has 89 heavy (non-hydrogen) atoms. The first-order valence-electron chi connectivity index (χ1n) is 29.2. The van der Waals surface area contributed by atoms with Crippen molar-refractivity contribution >= 4 is 65.3 Å². The van der Waals surface area contributed by atoms with Gasteiger partial charge in [-0.3, -0.25) is 48.3 Å². The number of phenols is 1. The fourth-order valence-electron chi connectivity index (χ4n) is 12.3. The molecule has 13 unspecified atom stereocenters. The fraction of sp³-hybridized carbons (Fsp3) is 0.552. The number of aliphatic hydroxyl groups is 6. The Hall–Kier alpha value is -6.23. The van der Waals surface area contributed by atoms with Crippen LogP contribution in [-0.2, 0) is 49.4 Å². The van der Waals surface area contributed by atoms with Gasteiger partial charge in [0.2, 0.25) is 41.4 Å². The monoisotopic (exact) mass is 1270 g/mol. The van der Waals surface area contributed by atoms with E-state index in [1.54, 1.807) is 24.3 Å². The number of carbonyl (C=O) groups is 8. The SMILES string of the molecule is CC(O)C1NC(=O)C(NC(=O)c2ccc(N3CCN(C4CCC(c5ccccc5)CC4)CC3)cc2)CC(O)CNC(=O)C2C(O)C(C)CN2C(=O)C(C(O)CC(N)=O)NC(=O)C(C(O)Cc2ccc(O)c(OSOO[O-])c2)NC(=O)C2CC(O)CN2C1=O.[Na+]. The molecule has 4 heterocycles. The second-order valence-corrected chi connectivity index (χ2v) is 23.7. The molecule has 1 aliphatic carbocycles. The molecule has 8 rings (SSSR count). The Bertz CT molecular complexity index is 2950. The molecule has 8 amide bonds. The molecule has 3 aromatic carbocycles. The van der Waals surface area contributed by atoms with E-state index in [-0.39, 0.29) is 58.8 Å². The summed E-state index contributed by atoms with van der Waals surface area (Å²) in [6.07, 6.45) is -8.96. The Morgan fingerprint density at radius 2 is 1.42 bits per heavy atom. The second-order valence-electron chi connectivity index (χ2n) is 23.2. The molecule has 0 spiro atoms. The summed E-state index contributed by atoms with van der Waals surface area (Å²) in [6, 6.07) is 9.69. The van der Waals surface area contributed by atoms with Crippen molar-refractivity contribution in [1.82, 2.24) is 41.3 Å². The molecule has 480 valence electrons. The summed E-state index contributed by atoms with van der Waals surface area (Å²) < 4.78 is 9.16. The topological polar surface area (TPSA) is 428 Å². The van der Waals surface area contributed by atoms with Crippen molar-refractivity contribution in [3.8, 4) is 11.5 Å². The van der Waals surface area contributed by atoms with E-state index in [4.69, 9.17) is 9.92 Å². The van der Waals surface area contributed by atoms with Crippen molar-refractivity contribution in [2.24, 2.45) is 11.7 Å². The molecule has 4 saturated heterocycles. The first kappa shape index (κ1) is 70.2. The molecule has 14 N–H and O–H groups in total. The van der Waals surface area contributed by atoms with Crippen molar-refractivity contribution in [3.63, 3.8) is 0 Å². The van der Waals surface area contributed by atoms with E-state index in [0.29, 0.717) is 12.0 Å². The number of amides is 8. The van der Waals surface area contributed by atoms with E-state index in [0.717, 1.165) is 86.4 Å². The number of rotatable bonds is 16. The summed E-state index contributed by atoms with van der Waals surface area (Å²) in [5.74, 6) is -10.4. The predicted molar refractivity (Wildman–Crippen MR) is 309 cm³/mol. The van der Waals surface area contributed by atoms with Gasteiger partial charge in [-0.25, -0.2) is 0 Å². The van der Waals surface area contributed by atoms with Gasteiger partial charge >= 0.3 is 29.6 Å². The Balaban J connectivity index is 0.0000113. The molecule has 4 aliphatic heterocycles. The number of nitrogens with zero attached hydrogens (tertiary/aromatic N) is 4. The van der Waals surface area contributed by atoms with E-state index in [9.17, 15) is 79.4 Å². The van der Waals surface area contributed by atoms with Crippen LogP contribution in [0.2, 0.25) is 0 Å². The first-order valence-corrected chi connectivity index (χ1v) is 29.9. The van der Waals surface area contributed by atoms with Gasteiger partial charge in [-0.1, -0.05) is 43.3 Å². The van der Waals surface area contributed by atoms with Gasteiger partial charge in [0.25, 0.3) is 18.2 Å². The summed E-state index contributed by atoms with van der Waals surface area (Å²) in [6.45, 7) is 4.16. The number of β-amino-alcohol motifs (C(OH)–C–C–N with tert-alkyl or cyclic N) is 1. The first-order chi connectivity index (χ1) is 42.0.